The largest absolute Gasteiger partial charge is 0.475 e. The Bertz CT molecular complexity index is 5510. The second-order valence-electron chi connectivity index (χ2n) is 29.5. The first-order chi connectivity index (χ1) is 59.4. The van der Waals surface area contributed by atoms with Crippen LogP contribution in [-0.2, 0) is 103 Å². The number of azide groups is 1. The van der Waals surface area contributed by atoms with Crippen molar-refractivity contribution in [2.45, 2.75) is 164 Å². The molecule has 35 heteroatoms. The van der Waals surface area contributed by atoms with Gasteiger partial charge in [0.05, 0.1) is 33.3 Å². The second-order valence-corrected chi connectivity index (χ2v) is 32.5. The molecular weight excluding hydrogens is 1700 g/mol. The van der Waals surface area contributed by atoms with Gasteiger partial charge in [0.15, 0.2) is 5.78 Å². The van der Waals surface area contributed by atoms with Gasteiger partial charge in [0.2, 0.25) is 23.6 Å². The van der Waals surface area contributed by atoms with E-state index in [1.807, 2.05) is 121 Å². The number of carbonyl (C=O) groups excluding carboxylic acids is 6. The monoisotopic (exact) mass is 1800 g/mol. The van der Waals surface area contributed by atoms with Gasteiger partial charge < -0.3 is 16.0 Å². The summed E-state index contributed by atoms with van der Waals surface area (Å²) in [5.74, 6) is 2.87. The van der Waals surface area contributed by atoms with Crippen LogP contribution in [0.5, 0.6) is 0 Å². The summed E-state index contributed by atoms with van der Waals surface area (Å²) in [5, 5.41) is 33.9. The molecule has 3 unspecified atom stereocenters. The lowest BCUT2D eigenvalue weighted by Crippen LogP contribution is -2.40. The number of rotatable bonds is 6. The summed E-state index contributed by atoms with van der Waals surface area (Å²) < 4.78 is 26.2. The third kappa shape index (κ3) is 26.8. The number of fused-ring (bicyclic) bond motifs is 8. The van der Waals surface area contributed by atoms with Crippen LogP contribution in [0, 0.1) is 0 Å². The van der Waals surface area contributed by atoms with Gasteiger partial charge >= 0.3 is 16.1 Å². The van der Waals surface area contributed by atoms with Crippen LogP contribution in [-0.4, -0.2) is 177 Å². The molecule has 0 saturated carbocycles. The molecule has 8 aliphatic rings. The van der Waals surface area contributed by atoms with Crippen molar-refractivity contribution in [3.8, 4) is 0 Å². The molecular formula is C88H98IN21O12S. The van der Waals surface area contributed by atoms with Crippen molar-refractivity contribution in [2.24, 2.45) is 21.2 Å². The van der Waals surface area contributed by atoms with Gasteiger partial charge in [-0.3, -0.25) is 77.7 Å². The standard InChI is InChI=1S/C10H11IN2O.C10H11N5O.C10H9N3O2.C10H13N3O.C10H12N2O3S.C10H12N2O.C10H11NO.C9H10N2O.C9H9NO/c1-13-9-7(3-2-6-12-9)4-5-8(11)10(13)14;1-15-9-7(3-2-6-12-9)4-5-8(10(15)16)13-14-11;14-10(15)9-11-8(12-13-9)6-7-4-2-1-3-5-7;1-13-9-7(3-2-6-12-9)4-5-8(11)10(13)14;1-16(13,14)15-12-9-6-2-4-8-5-3-7-11-10(8)9;1-12-9(13)6-2-4-8-5-3-7-11-10(8)12;12-9-5-1-3-8-4-2-6-11-10(8)7-9;12-11-8-5-1-3-7-4-2-6-10-9(7)8;11-8-5-1-3-7-4-2-6-10-9(7)8/h2-3,6,8H,4-5H2,1H3;2-3,6,8H,4-5H2,1H3;1-5H,6H2,(H,14,15)(H,11,12,13);2-3,6,8H,4-5,11H2,1H3;3,5,7H,2,4,6H2,1H3;3,5,7H,2,4,6H2,1H3;2,4,6H,1,3,5,7H2;2,4,6,12H,1,3,5H2;2,4,6H,1,3,5H2/b;;;;12-9+;;;11-8+;. The van der Waals surface area contributed by atoms with E-state index in [0.29, 0.717) is 80.2 Å². The molecule has 10 aromatic rings. The first-order valence-electron chi connectivity index (χ1n) is 40.3. The van der Waals surface area contributed by atoms with E-state index in [2.05, 4.69) is 108 Å². The number of pyridine rings is 8. The Morgan fingerprint density at radius 1 is 0.520 bits per heavy atom. The van der Waals surface area contributed by atoms with Crippen molar-refractivity contribution in [1.29, 1.82) is 0 Å². The highest BCUT2D eigenvalue weighted by atomic mass is 127. The van der Waals surface area contributed by atoms with Crippen LogP contribution in [0.4, 0.5) is 23.3 Å². The number of halogens is 1. The molecule has 640 valence electrons. The van der Waals surface area contributed by atoms with Crippen LogP contribution in [0.15, 0.2) is 192 Å². The summed E-state index contributed by atoms with van der Waals surface area (Å²) in [7, 11) is 3.42. The van der Waals surface area contributed by atoms with Crippen molar-refractivity contribution in [3.63, 3.8) is 0 Å². The quantitative estimate of drug-likeness (QED) is 0.0175. The summed E-state index contributed by atoms with van der Waals surface area (Å²) in [5.41, 5.74) is 28.9. The third-order valence-corrected chi connectivity index (χ3v) is 22.2. The molecule has 18 rings (SSSR count). The highest BCUT2D eigenvalue weighted by Gasteiger charge is 2.31. The maximum Gasteiger partial charge on any atom is 0.375 e. The maximum atomic E-state index is 11.9. The van der Waals surface area contributed by atoms with Gasteiger partial charge in [-0.25, -0.2) is 29.7 Å². The van der Waals surface area contributed by atoms with Gasteiger partial charge in [0, 0.05) is 115 Å². The van der Waals surface area contributed by atoms with Gasteiger partial charge in [-0.1, -0.05) is 117 Å². The minimum absolute atomic E-state index is 0.0533. The number of nitrogens with two attached hydrogens (primary N) is 1. The number of nitrogens with one attached hydrogen (secondary N) is 1. The minimum Gasteiger partial charge on any atom is -0.475 e. The topological polar surface area (TPSA) is 460 Å². The average Bonchev–Trinajstić information content (AvgIpc) is 1.81. The predicted molar refractivity (Wildman–Crippen MR) is 472 cm³/mol. The van der Waals surface area contributed by atoms with E-state index in [1.165, 1.54) is 27.2 Å². The average molecular weight is 1800 g/mol. The van der Waals surface area contributed by atoms with Crippen molar-refractivity contribution in [1.82, 2.24) is 55.1 Å². The molecule has 4 aliphatic heterocycles. The second kappa shape index (κ2) is 46.2. The zero-order chi connectivity index (χ0) is 87.8. The van der Waals surface area contributed by atoms with Gasteiger partial charge in [-0.15, -0.1) is 5.10 Å². The number of aromatic carboxylic acids is 1. The van der Waals surface area contributed by atoms with E-state index < -0.39 is 28.2 Å². The van der Waals surface area contributed by atoms with Crippen LogP contribution in [0.25, 0.3) is 10.4 Å². The number of alkyl halides is 1. The van der Waals surface area contributed by atoms with Gasteiger partial charge in [-0.2, -0.15) is 8.42 Å². The van der Waals surface area contributed by atoms with E-state index in [9.17, 15) is 42.0 Å². The zero-order valence-electron chi connectivity index (χ0n) is 69.1. The molecule has 9 aromatic heterocycles. The number of carboxylic acids is 1. The number of carboxylic acid groups (broad SMARTS) is 1. The third-order valence-electron chi connectivity index (χ3n) is 20.7. The fraction of sp³-hybridized carbons (Fsp3) is 0.352. The normalized spacial score (nSPS) is 17.8. The van der Waals surface area contributed by atoms with Crippen molar-refractivity contribution in [3.05, 3.63) is 272 Å². The number of H-pyrrole nitrogens is 1. The Balaban J connectivity index is 0.000000145. The number of hydrogen-bond donors (Lipinski definition) is 4. The first-order valence-corrected chi connectivity index (χ1v) is 43.4. The van der Waals surface area contributed by atoms with Gasteiger partial charge in [0.25, 0.3) is 5.82 Å². The molecule has 4 amide bonds. The van der Waals surface area contributed by atoms with E-state index in [-0.39, 0.29) is 39.2 Å². The number of amides is 4. The molecule has 0 saturated heterocycles. The molecule has 1 aromatic carbocycles. The molecule has 3 atom stereocenters. The minimum atomic E-state index is -3.54. The van der Waals surface area contributed by atoms with E-state index in [0.717, 1.165) is 171 Å². The van der Waals surface area contributed by atoms with Crippen molar-refractivity contribution < 1.29 is 56.6 Å². The Morgan fingerprint density at radius 3 is 1.50 bits per heavy atom. The number of hydrogen-bond acceptors (Lipinski definition) is 25. The predicted octanol–water partition coefficient (Wildman–Crippen LogP) is 12.1. The number of carbonyl (C=O) groups is 7. The molecule has 123 heavy (non-hydrogen) atoms. The molecule has 0 bridgehead atoms. The number of Topliss-reactive ketones (excluding diaryl/α,β-unsaturated/α-hetero) is 2. The maximum absolute atomic E-state index is 11.9. The first kappa shape index (κ1) is 92.4. The molecule has 0 radical (unpaired) electrons. The Morgan fingerprint density at radius 2 is 0.959 bits per heavy atom. The fourth-order valence-corrected chi connectivity index (χ4v) is 15.3. The van der Waals surface area contributed by atoms with Crippen LogP contribution >= 0.6 is 22.6 Å². The van der Waals surface area contributed by atoms with E-state index in [4.69, 9.17) is 21.6 Å². The molecule has 0 spiro atoms. The number of ketones is 2. The molecule has 5 N–H and O–H groups in total. The number of benzene rings is 1. The van der Waals surface area contributed by atoms with E-state index >= 15 is 0 Å². The van der Waals surface area contributed by atoms with Crippen molar-refractivity contribution in [2.75, 3.05) is 54.0 Å². The van der Waals surface area contributed by atoms with Crippen LogP contribution in [0.1, 0.15) is 178 Å². The Kier molecular flexibility index (Phi) is 34.7. The summed E-state index contributed by atoms with van der Waals surface area (Å²) in [6, 6.07) is 39.9. The Hall–Kier alpha value is -12.9. The molecule has 33 nitrogen and oxygen atoms in total. The summed E-state index contributed by atoms with van der Waals surface area (Å²) in [6.07, 6.45) is 33.7. The van der Waals surface area contributed by atoms with Crippen LogP contribution in [0.3, 0.4) is 0 Å². The molecule has 4 aliphatic carbocycles. The number of anilines is 4. The molecule has 13 heterocycles. The molecule has 0 fully saturated rings. The fourth-order valence-electron chi connectivity index (χ4n) is 14.4. The van der Waals surface area contributed by atoms with Crippen LogP contribution < -0.4 is 25.3 Å². The van der Waals surface area contributed by atoms with Gasteiger partial charge in [0.1, 0.15) is 58.0 Å². The SMILES string of the molecule is CN1C(=O)C(I)CCc2cccnc21.CN1C(=O)C(N)CCc2cccnc21.CN1C(=O)C(N=[N+]=[N-])CCc2cccnc21.CN1C(=O)CCCc2cccnc21.CS(=O)(=O)O/N=C1\CCCc2cccnc21.O/N=C1\CCCc2cccnc21.O=C(O)c1n[nH]c(Cc2ccccc2)n1.O=C1CCCc2cccnc21.O=C1CCCc2cccnc2C1. The number of aromatic nitrogens is 11. The smallest absolute Gasteiger partial charge is 0.375 e. The van der Waals surface area contributed by atoms with Gasteiger partial charge in [-0.05, 0) is 220 Å². The Labute approximate surface area is 726 Å². The number of aryl methyl sites for hydroxylation is 8. The lowest BCUT2D eigenvalue weighted by atomic mass is 9.95. The summed E-state index contributed by atoms with van der Waals surface area (Å²) >= 11 is 2.20. The number of likely N-dealkylation sites (N-methyl/N-ethyl adjacent to an activating group) is 2. The highest BCUT2D eigenvalue weighted by molar-refractivity contribution is 14.1. The number of aromatic amines is 1. The lowest BCUT2D eigenvalue weighted by Gasteiger charge is -2.17. The highest BCUT2D eigenvalue weighted by Crippen LogP contribution is 2.30. The zero-order valence-corrected chi connectivity index (χ0v) is 72.1. The summed E-state index contributed by atoms with van der Waals surface area (Å²) in [4.78, 5) is 126. The van der Waals surface area contributed by atoms with Crippen molar-refractivity contribution >= 4 is 109 Å². The van der Waals surface area contributed by atoms with Crippen LogP contribution in [0.2, 0.25) is 0 Å². The van der Waals surface area contributed by atoms with E-state index in [1.54, 1.807) is 92.5 Å². The number of nitrogens with zero attached hydrogens (tertiary/aromatic N) is 19. The number of oxime groups is 2. The summed E-state index contributed by atoms with van der Waals surface area (Å²) in [6.45, 7) is 0. The lowest BCUT2D eigenvalue weighted by molar-refractivity contribution is -0.120.